The molecule has 1 aromatic heterocycles. The van der Waals surface area contributed by atoms with Gasteiger partial charge in [0.05, 0.1) is 23.1 Å². The molecule has 1 atom stereocenters. The Morgan fingerprint density at radius 3 is 2.68 bits per heavy atom. The lowest BCUT2D eigenvalue weighted by Crippen LogP contribution is -2.36. The van der Waals surface area contributed by atoms with E-state index < -0.39 is 0 Å². The first-order chi connectivity index (χ1) is 16.8. The normalized spacial score (nSPS) is 15.1. The molecule has 1 aliphatic rings. The molecule has 178 valence electrons. The maximum Gasteiger partial charge on any atom is 0.0853 e. The lowest BCUT2D eigenvalue weighted by molar-refractivity contribution is 0.177. The summed E-state index contributed by atoms with van der Waals surface area (Å²) >= 11 is 0. The smallest absolute Gasteiger partial charge is 0.0853 e. The van der Waals surface area contributed by atoms with E-state index in [1.807, 2.05) is 24.4 Å². The van der Waals surface area contributed by atoms with Crippen molar-refractivity contribution in [3.05, 3.63) is 89.7 Å². The molecule has 1 unspecified atom stereocenters. The number of aromatic nitrogens is 1. The molecule has 1 heterocycles. The van der Waals surface area contributed by atoms with Gasteiger partial charge in [0.25, 0.3) is 0 Å². The molecule has 3 aromatic rings. The second kappa shape index (κ2) is 13.0. The van der Waals surface area contributed by atoms with Crippen LogP contribution in [-0.4, -0.2) is 42.8 Å². The number of nitrogens with one attached hydrogen (secondary N) is 2. The molecule has 34 heavy (non-hydrogen) atoms. The molecular formula is C29H37N5. The number of pyridine rings is 1. The molecule has 0 amide bonds. The molecule has 5 heteroatoms. The number of aliphatic imine (C=N–C) groups is 1. The van der Waals surface area contributed by atoms with Gasteiger partial charge in [-0.15, -0.1) is 0 Å². The van der Waals surface area contributed by atoms with Gasteiger partial charge in [-0.2, -0.15) is 0 Å². The molecule has 0 aliphatic heterocycles. The van der Waals surface area contributed by atoms with Crippen LogP contribution >= 0.6 is 0 Å². The number of hydrogen-bond donors (Lipinski definition) is 2. The van der Waals surface area contributed by atoms with E-state index in [0.29, 0.717) is 6.04 Å². The first kappa shape index (κ1) is 24.1. The number of benzene rings is 2. The highest BCUT2D eigenvalue weighted by atomic mass is 15.2. The Kier molecular flexibility index (Phi) is 9.23. The lowest BCUT2D eigenvalue weighted by Gasteiger charge is -2.35. The zero-order chi connectivity index (χ0) is 23.4. The van der Waals surface area contributed by atoms with Gasteiger partial charge >= 0.3 is 0 Å². The minimum atomic E-state index is 0.400. The summed E-state index contributed by atoms with van der Waals surface area (Å²) in [5.74, 6) is 0. The number of aryl methyl sites for hydroxylation is 1. The quantitative estimate of drug-likeness (QED) is 0.254. The van der Waals surface area contributed by atoms with E-state index in [1.165, 1.54) is 42.5 Å². The van der Waals surface area contributed by atoms with Gasteiger partial charge in [0.1, 0.15) is 0 Å². The van der Waals surface area contributed by atoms with Crippen molar-refractivity contribution in [2.45, 2.75) is 44.7 Å². The number of anilines is 1. The predicted octanol–water partition coefficient (Wildman–Crippen LogP) is 5.78. The third kappa shape index (κ3) is 6.75. The summed E-state index contributed by atoms with van der Waals surface area (Å²) in [5.41, 5.74) is 5.99. The van der Waals surface area contributed by atoms with E-state index in [0.717, 1.165) is 50.5 Å². The Bertz CT molecular complexity index is 1020. The summed E-state index contributed by atoms with van der Waals surface area (Å²) in [6, 6.07) is 23.5. The first-order valence-corrected chi connectivity index (χ1v) is 12.6. The number of rotatable bonds is 13. The molecule has 0 saturated heterocycles. The largest absolute Gasteiger partial charge is 0.382 e. The van der Waals surface area contributed by atoms with E-state index in [2.05, 4.69) is 75.8 Å². The van der Waals surface area contributed by atoms with Gasteiger partial charge in [-0.3, -0.25) is 14.9 Å². The van der Waals surface area contributed by atoms with E-state index in [4.69, 9.17) is 4.98 Å². The summed E-state index contributed by atoms with van der Waals surface area (Å²) in [5, 5.41) is 7.17. The molecule has 0 saturated carbocycles. The van der Waals surface area contributed by atoms with Gasteiger partial charge < -0.3 is 10.6 Å². The van der Waals surface area contributed by atoms with Gasteiger partial charge in [-0.1, -0.05) is 48.5 Å². The molecule has 2 aromatic carbocycles. The minimum absolute atomic E-state index is 0.400. The van der Waals surface area contributed by atoms with E-state index in [-0.39, 0.29) is 0 Å². The van der Waals surface area contributed by atoms with Crippen molar-refractivity contribution >= 4 is 18.1 Å². The third-order valence-electron chi connectivity index (χ3n) is 6.62. The van der Waals surface area contributed by atoms with Crippen LogP contribution in [0.5, 0.6) is 0 Å². The first-order valence-electron chi connectivity index (χ1n) is 12.6. The average Bonchev–Trinajstić information content (AvgIpc) is 2.90. The molecule has 0 fully saturated rings. The topological polar surface area (TPSA) is 52.6 Å². The molecule has 0 spiro atoms. The Morgan fingerprint density at radius 1 is 0.941 bits per heavy atom. The summed E-state index contributed by atoms with van der Waals surface area (Å²) in [4.78, 5) is 11.6. The van der Waals surface area contributed by atoms with Crippen molar-refractivity contribution in [3.63, 3.8) is 0 Å². The molecule has 5 nitrogen and oxygen atoms in total. The van der Waals surface area contributed by atoms with Gasteiger partial charge in [0.15, 0.2) is 0 Å². The second-order valence-electron chi connectivity index (χ2n) is 8.96. The fourth-order valence-corrected chi connectivity index (χ4v) is 4.85. The van der Waals surface area contributed by atoms with E-state index in [9.17, 15) is 0 Å². The van der Waals surface area contributed by atoms with E-state index in [1.54, 1.807) is 0 Å². The van der Waals surface area contributed by atoms with Crippen LogP contribution in [0.25, 0.3) is 0 Å². The van der Waals surface area contributed by atoms with Crippen molar-refractivity contribution in [3.8, 4) is 0 Å². The van der Waals surface area contributed by atoms with Crippen molar-refractivity contribution < 1.29 is 0 Å². The van der Waals surface area contributed by atoms with Crippen LogP contribution in [0.15, 0.2) is 77.9 Å². The standard InChI is InChI=1S/C29H37N5/c1-30-26-15-5-6-16-27(26)32-20-22-34(28-17-9-13-25-14-10-19-33-29(25)28)21-8-7-18-31-23-24-11-3-2-4-12-24/h2-6,10-12,14-16,19,28,31-32H,1,7-9,13,17-18,20-23H2. The van der Waals surface area contributed by atoms with Crippen LogP contribution in [0.4, 0.5) is 11.4 Å². The van der Waals surface area contributed by atoms with Crippen LogP contribution in [0.3, 0.4) is 0 Å². The predicted molar refractivity (Wildman–Crippen MR) is 143 cm³/mol. The number of para-hydroxylation sites is 2. The van der Waals surface area contributed by atoms with Crippen molar-refractivity contribution in [1.29, 1.82) is 0 Å². The minimum Gasteiger partial charge on any atom is -0.382 e. The zero-order valence-corrected chi connectivity index (χ0v) is 20.1. The van der Waals surface area contributed by atoms with Gasteiger partial charge in [0, 0.05) is 25.8 Å². The van der Waals surface area contributed by atoms with Crippen molar-refractivity contribution in [2.24, 2.45) is 4.99 Å². The SMILES string of the molecule is C=Nc1ccccc1NCCN(CCCCNCc1ccccc1)C1CCCc2cccnc21. The van der Waals surface area contributed by atoms with Crippen LogP contribution in [0, 0.1) is 0 Å². The van der Waals surface area contributed by atoms with E-state index >= 15 is 0 Å². The third-order valence-corrected chi connectivity index (χ3v) is 6.62. The maximum atomic E-state index is 4.81. The highest BCUT2D eigenvalue weighted by Crippen LogP contribution is 2.33. The van der Waals surface area contributed by atoms with Crippen molar-refractivity contribution in [1.82, 2.24) is 15.2 Å². The van der Waals surface area contributed by atoms with Gasteiger partial charge in [-0.25, -0.2) is 0 Å². The van der Waals surface area contributed by atoms with Gasteiger partial charge in [-0.05, 0) is 81.2 Å². The Morgan fingerprint density at radius 2 is 1.79 bits per heavy atom. The van der Waals surface area contributed by atoms with Crippen molar-refractivity contribution in [2.75, 3.05) is 31.5 Å². The fourth-order valence-electron chi connectivity index (χ4n) is 4.85. The van der Waals surface area contributed by atoms with Gasteiger partial charge in [0.2, 0.25) is 0 Å². The summed E-state index contributed by atoms with van der Waals surface area (Å²) in [7, 11) is 0. The molecule has 0 radical (unpaired) electrons. The number of unbranched alkanes of at least 4 members (excludes halogenated alkanes) is 1. The average molecular weight is 456 g/mol. The Labute approximate surface area is 204 Å². The highest BCUT2D eigenvalue weighted by molar-refractivity contribution is 5.67. The number of hydrogen-bond acceptors (Lipinski definition) is 5. The lowest BCUT2D eigenvalue weighted by atomic mass is 9.90. The van der Waals surface area contributed by atoms with Crippen LogP contribution < -0.4 is 10.6 Å². The molecule has 2 N–H and O–H groups in total. The summed E-state index contributed by atoms with van der Waals surface area (Å²) in [6.45, 7) is 8.61. The molecule has 0 bridgehead atoms. The zero-order valence-electron chi connectivity index (χ0n) is 20.1. The second-order valence-corrected chi connectivity index (χ2v) is 8.96. The number of nitrogens with zero attached hydrogens (tertiary/aromatic N) is 3. The van der Waals surface area contributed by atoms with Crippen LogP contribution in [0.1, 0.15) is 48.5 Å². The molecule has 4 rings (SSSR count). The molecule has 1 aliphatic carbocycles. The highest BCUT2D eigenvalue weighted by Gasteiger charge is 2.26. The number of fused-ring (bicyclic) bond motifs is 1. The monoisotopic (exact) mass is 455 g/mol. The Hall–Kier alpha value is -3.02. The Balaban J connectivity index is 1.32. The molecular weight excluding hydrogens is 418 g/mol. The summed E-state index contributed by atoms with van der Waals surface area (Å²) < 4.78 is 0. The maximum absolute atomic E-state index is 4.81. The fraction of sp³-hybridized carbons (Fsp3) is 0.379. The van der Waals surface area contributed by atoms with Crippen LogP contribution in [-0.2, 0) is 13.0 Å². The van der Waals surface area contributed by atoms with Crippen LogP contribution in [0.2, 0.25) is 0 Å². The summed E-state index contributed by atoms with van der Waals surface area (Å²) in [6.07, 6.45) is 7.85.